The predicted octanol–water partition coefficient (Wildman–Crippen LogP) is 3.93. The number of hydrogen-bond acceptors (Lipinski definition) is 2. The van der Waals surface area contributed by atoms with Crippen LogP contribution in [0.2, 0.25) is 0 Å². The molecule has 0 aliphatic heterocycles. The second-order valence-electron chi connectivity index (χ2n) is 3.94. The number of hydrogen-bond donors (Lipinski definition) is 0. The van der Waals surface area contributed by atoms with Crippen LogP contribution in [0.25, 0.3) is 6.08 Å². The summed E-state index contributed by atoms with van der Waals surface area (Å²) < 4.78 is 23.3. The van der Waals surface area contributed by atoms with Crippen molar-refractivity contribution in [2.45, 2.75) is 0 Å². The maximum Gasteiger partial charge on any atom is 0.123 e. The zero-order chi connectivity index (χ0) is 13.5. The van der Waals surface area contributed by atoms with Crippen molar-refractivity contribution in [1.82, 2.24) is 0 Å². The van der Waals surface area contributed by atoms with Crippen LogP contribution in [0.4, 0.5) is 4.39 Å². The van der Waals surface area contributed by atoms with E-state index in [0.717, 1.165) is 17.1 Å². The maximum atomic E-state index is 12.7. The smallest absolute Gasteiger partial charge is 0.123 e. The molecule has 0 unspecified atom stereocenters. The van der Waals surface area contributed by atoms with Crippen LogP contribution >= 0.6 is 0 Å². The number of ether oxygens (including phenoxy) is 2. The summed E-state index contributed by atoms with van der Waals surface area (Å²) in [4.78, 5) is 0. The van der Waals surface area contributed by atoms with Gasteiger partial charge in [-0.15, -0.1) is 0 Å². The molecule has 0 N–H and O–H groups in total. The Hall–Kier alpha value is -2.29. The monoisotopic (exact) mass is 258 g/mol. The quantitative estimate of drug-likeness (QED) is 0.809. The van der Waals surface area contributed by atoms with Crippen LogP contribution in [-0.4, -0.2) is 13.7 Å². The third-order valence-electron chi connectivity index (χ3n) is 2.59. The Morgan fingerprint density at radius 3 is 2.21 bits per heavy atom. The van der Waals surface area contributed by atoms with Crippen LogP contribution in [0.15, 0.2) is 54.6 Å². The van der Waals surface area contributed by atoms with Crippen LogP contribution < -0.4 is 9.47 Å². The van der Waals surface area contributed by atoms with Gasteiger partial charge < -0.3 is 9.47 Å². The van der Waals surface area contributed by atoms with E-state index in [9.17, 15) is 4.39 Å². The first-order valence-electron chi connectivity index (χ1n) is 5.97. The SMILES string of the molecule is COc1ccc(OC/C=C/c2ccc(F)cc2)cc1. The van der Waals surface area contributed by atoms with Crippen LogP contribution in [0, 0.1) is 5.82 Å². The number of halogens is 1. The van der Waals surface area contributed by atoms with Crippen LogP contribution in [0.3, 0.4) is 0 Å². The van der Waals surface area contributed by atoms with E-state index in [1.54, 1.807) is 19.2 Å². The van der Waals surface area contributed by atoms with Gasteiger partial charge in [0, 0.05) is 0 Å². The van der Waals surface area contributed by atoms with Crippen LogP contribution in [-0.2, 0) is 0 Å². The molecule has 0 aliphatic carbocycles. The predicted molar refractivity (Wildman–Crippen MR) is 73.9 cm³/mol. The van der Waals surface area contributed by atoms with Crippen molar-refractivity contribution in [3.63, 3.8) is 0 Å². The fourth-order valence-corrected chi connectivity index (χ4v) is 1.57. The molecule has 0 heterocycles. The molecule has 2 rings (SSSR count). The van der Waals surface area contributed by atoms with Crippen molar-refractivity contribution in [3.05, 3.63) is 66.0 Å². The summed E-state index contributed by atoms with van der Waals surface area (Å²) in [5.74, 6) is 1.35. The highest BCUT2D eigenvalue weighted by Gasteiger charge is 1.93. The van der Waals surface area contributed by atoms with E-state index in [4.69, 9.17) is 9.47 Å². The molecule has 0 aliphatic rings. The van der Waals surface area contributed by atoms with E-state index >= 15 is 0 Å². The first-order valence-corrected chi connectivity index (χ1v) is 5.97. The average molecular weight is 258 g/mol. The molecule has 0 aromatic heterocycles. The topological polar surface area (TPSA) is 18.5 Å². The highest BCUT2D eigenvalue weighted by atomic mass is 19.1. The molecular weight excluding hydrogens is 243 g/mol. The lowest BCUT2D eigenvalue weighted by Crippen LogP contribution is -1.93. The summed E-state index contributed by atoms with van der Waals surface area (Å²) in [6.07, 6.45) is 3.78. The molecule has 0 amide bonds. The molecule has 0 saturated heterocycles. The lowest BCUT2D eigenvalue weighted by atomic mass is 10.2. The zero-order valence-electron chi connectivity index (χ0n) is 10.7. The van der Waals surface area contributed by atoms with Crippen molar-refractivity contribution >= 4 is 6.08 Å². The number of methoxy groups -OCH3 is 1. The standard InChI is InChI=1S/C16H15FO2/c1-18-15-8-10-16(11-9-15)19-12-2-3-13-4-6-14(17)7-5-13/h2-11H,12H2,1H3/b3-2+. The van der Waals surface area contributed by atoms with Gasteiger partial charge in [0.1, 0.15) is 23.9 Å². The van der Waals surface area contributed by atoms with Crippen molar-refractivity contribution in [2.24, 2.45) is 0 Å². The molecule has 98 valence electrons. The maximum absolute atomic E-state index is 12.7. The highest BCUT2D eigenvalue weighted by molar-refractivity contribution is 5.48. The molecule has 3 heteroatoms. The summed E-state index contributed by atoms with van der Waals surface area (Å²) in [6.45, 7) is 0.462. The molecule has 2 nitrogen and oxygen atoms in total. The third kappa shape index (κ3) is 4.14. The summed E-state index contributed by atoms with van der Waals surface area (Å²) >= 11 is 0. The van der Waals surface area contributed by atoms with Gasteiger partial charge in [0.15, 0.2) is 0 Å². The molecule has 0 atom stereocenters. The Labute approximate surface area is 112 Å². The second kappa shape index (κ2) is 6.59. The van der Waals surface area contributed by atoms with Crippen molar-refractivity contribution < 1.29 is 13.9 Å². The third-order valence-corrected chi connectivity index (χ3v) is 2.59. The van der Waals surface area contributed by atoms with Gasteiger partial charge in [-0.2, -0.15) is 0 Å². The van der Waals surface area contributed by atoms with Gasteiger partial charge in [0.05, 0.1) is 7.11 Å². The molecule has 0 bridgehead atoms. The largest absolute Gasteiger partial charge is 0.497 e. The van der Waals surface area contributed by atoms with Gasteiger partial charge in [-0.05, 0) is 48.0 Å². The van der Waals surface area contributed by atoms with Gasteiger partial charge in [-0.25, -0.2) is 4.39 Å². The van der Waals surface area contributed by atoms with Gasteiger partial charge in [-0.3, -0.25) is 0 Å². The first kappa shape index (κ1) is 13.1. The van der Waals surface area contributed by atoms with E-state index in [0.29, 0.717) is 6.61 Å². The Balaban J connectivity index is 1.83. The second-order valence-corrected chi connectivity index (χ2v) is 3.94. The van der Waals surface area contributed by atoms with Gasteiger partial charge >= 0.3 is 0 Å². The minimum Gasteiger partial charge on any atom is -0.497 e. The van der Waals surface area contributed by atoms with E-state index in [-0.39, 0.29) is 5.82 Å². The summed E-state index contributed by atoms with van der Waals surface area (Å²) in [5.41, 5.74) is 0.944. The zero-order valence-corrected chi connectivity index (χ0v) is 10.7. The highest BCUT2D eigenvalue weighted by Crippen LogP contribution is 2.16. The molecule has 19 heavy (non-hydrogen) atoms. The van der Waals surface area contributed by atoms with Crippen molar-refractivity contribution in [2.75, 3.05) is 13.7 Å². The molecule has 0 spiro atoms. The minimum absolute atomic E-state index is 0.230. The van der Waals surface area contributed by atoms with Gasteiger partial charge in [0.25, 0.3) is 0 Å². The number of benzene rings is 2. The average Bonchev–Trinajstić information content (AvgIpc) is 2.46. The normalized spacial score (nSPS) is 10.6. The van der Waals surface area contributed by atoms with Gasteiger partial charge in [0.2, 0.25) is 0 Å². The molecular formula is C16H15FO2. The van der Waals surface area contributed by atoms with E-state index in [1.807, 2.05) is 36.4 Å². The Bertz CT molecular complexity index is 530. The first-order chi connectivity index (χ1) is 9.28. The Morgan fingerprint density at radius 1 is 0.947 bits per heavy atom. The lowest BCUT2D eigenvalue weighted by molar-refractivity contribution is 0.361. The van der Waals surface area contributed by atoms with Crippen LogP contribution in [0.5, 0.6) is 11.5 Å². The summed E-state index contributed by atoms with van der Waals surface area (Å²) in [5, 5.41) is 0. The number of rotatable bonds is 5. The fraction of sp³-hybridized carbons (Fsp3) is 0.125. The fourth-order valence-electron chi connectivity index (χ4n) is 1.57. The van der Waals surface area contributed by atoms with E-state index in [1.165, 1.54) is 12.1 Å². The molecule has 2 aromatic rings. The summed E-state index contributed by atoms with van der Waals surface area (Å²) in [6, 6.07) is 13.7. The molecule has 0 radical (unpaired) electrons. The van der Waals surface area contributed by atoms with E-state index in [2.05, 4.69) is 0 Å². The van der Waals surface area contributed by atoms with E-state index < -0.39 is 0 Å². The lowest BCUT2D eigenvalue weighted by Gasteiger charge is -2.04. The molecule has 0 saturated carbocycles. The van der Waals surface area contributed by atoms with Gasteiger partial charge in [-0.1, -0.05) is 18.2 Å². The Kier molecular flexibility index (Phi) is 4.56. The molecule has 2 aromatic carbocycles. The van der Waals surface area contributed by atoms with Crippen molar-refractivity contribution in [3.8, 4) is 11.5 Å². The Morgan fingerprint density at radius 2 is 1.58 bits per heavy atom. The van der Waals surface area contributed by atoms with Crippen LogP contribution in [0.1, 0.15) is 5.56 Å². The summed E-state index contributed by atoms with van der Waals surface area (Å²) in [7, 11) is 1.63. The van der Waals surface area contributed by atoms with Crippen molar-refractivity contribution in [1.29, 1.82) is 0 Å². The molecule has 0 fully saturated rings. The minimum atomic E-state index is -0.230.